The molecule has 1 aliphatic rings. The molecule has 1 aromatic rings. The summed E-state index contributed by atoms with van der Waals surface area (Å²) < 4.78 is 5.29. The number of carbonyl (C=O) groups excluding carboxylic acids is 2. The lowest BCUT2D eigenvalue weighted by Crippen LogP contribution is -2.41. The first-order valence-electron chi connectivity index (χ1n) is 6.51. The van der Waals surface area contributed by atoms with Gasteiger partial charge in [0.05, 0.1) is 6.61 Å². The minimum absolute atomic E-state index is 0.0317. The maximum absolute atomic E-state index is 12.2. The molecule has 4 nitrogen and oxygen atoms in total. The van der Waals surface area contributed by atoms with E-state index in [4.69, 9.17) is 9.84 Å². The van der Waals surface area contributed by atoms with E-state index in [1.54, 1.807) is 31.2 Å². The molecule has 0 aliphatic heterocycles. The van der Waals surface area contributed by atoms with E-state index >= 15 is 0 Å². The van der Waals surface area contributed by atoms with Gasteiger partial charge in [-0.15, -0.1) is 0 Å². The van der Waals surface area contributed by atoms with Gasteiger partial charge >= 0.3 is 5.97 Å². The summed E-state index contributed by atoms with van der Waals surface area (Å²) >= 11 is 0. The van der Waals surface area contributed by atoms with Crippen LogP contribution in [0, 0.1) is 5.41 Å². The number of aliphatic hydroxyl groups is 1. The molecule has 1 aromatic carbocycles. The smallest absolute Gasteiger partial charge is 0.324 e. The summed E-state index contributed by atoms with van der Waals surface area (Å²) in [4.78, 5) is 24.1. The summed E-state index contributed by atoms with van der Waals surface area (Å²) in [6.07, 6.45) is 2.74. The van der Waals surface area contributed by atoms with E-state index in [2.05, 4.69) is 0 Å². The van der Waals surface area contributed by atoms with Gasteiger partial charge in [-0.05, 0) is 37.5 Å². The van der Waals surface area contributed by atoms with Crippen molar-refractivity contribution in [1.29, 1.82) is 0 Å². The first kappa shape index (κ1) is 13.7. The minimum atomic E-state index is -1.01. The van der Waals surface area contributed by atoms with E-state index in [0.29, 0.717) is 18.6 Å². The van der Waals surface area contributed by atoms with Crippen LogP contribution < -0.4 is 4.74 Å². The molecule has 0 amide bonds. The highest BCUT2D eigenvalue weighted by molar-refractivity contribution is 6.04. The lowest BCUT2D eigenvalue weighted by atomic mass is 9.74. The number of carbonyl (C=O) groups is 2. The van der Waals surface area contributed by atoms with Crippen molar-refractivity contribution in [3.05, 3.63) is 29.8 Å². The molecule has 1 N–H and O–H groups in total. The van der Waals surface area contributed by atoms with Gasteiger partial charge in [0.1, 0.15) is 16.9 Å². The highest BCUT2D eigenvalue weighted by Crippen LogP contribution is 2.34. The van der Waals surface area contributed by atoms with Crippen molar-refractivity contribution < 1.29 is 19.4 Å². The van der Waals surface area contributed by atoms with Crippen molar-refractivity contribution in [1.82, 2.24) is 0 Å². The fourth-order valence-electron chi connectivity index (χ4n) is 2.28. The van der Waals surface area contributed by atoms with E-state index in [0.717, 1.165) is 18.4 Å². The van der Waals surface area contributed by atoms with Gasteiger partial charge in [0, 0.05) is 6.42 Å². The number of hydrogen-bond donors (Lipinski definition) is 1. The number of hydrogen-bond acceptors (Lipinski definition) is 4. The predicted molar refractivity (Wildman–Crippen MR) is 69.6 cm³/mol. The molecule has 1 aliphatic carbocycles. The van der Waals surface area contributed by atoms with E-state index in [1.807, 2.05) is 0 Å². The van der Waals surface area contributed by atoms with Gasteiger partial charge in [0.2, 0.25) is 0 Å². The van der Waals surface area contributed by atoms with Crippen molar-refractivity contribution >= 4 is 11.8 Å². The Balaban J connectivity index is 2.09. The van der Waals surface area contributed by atoms with Crippen LogP contribution in [0.4, 0.5) is 0 Å². The summed E-state index contributed by atoms with van der Waals surface area (Å²) in [6, 6.07) is 6.63. The fourth-order valence-corrected chi connectivity index (χ4v) is 2.28. The minimum Gasteiger partial charge on any atom is -0.426 e. The molecular formula is C15H18O4. The molecule has 0 aromatic heterocycles. The molecule has 102 valence electrons. The molecule has 1 fully saturated rings. The van der Waals surface area contributed by atoms with Gasteiger partial charge in [0.15, 0.2) is 0 Å². The normalized spacial score (nSPS) is 23.2. The molecule has 4 heteroatoms. The fraction of sp³-hybridized carbons (Fsp3) is 0.467. The maximum atomic E-state index is 12.2. The molecule has 0 saturated heterocycles. The van der Waals surface area contributed by atoms with Crippen molar-refractivity contribution in [3.63, 3.8) is 0 Å². The molecule has 0 spiro atoms. The number of rotatable bonds is 3. The standard InChI is InChI=1S/C15H18O4/c1-15(9-3-2-4-13(15)17)14(18)19-12-7-5-11(10-16)6-8-12/h5-8,16H,2-4,9-10H2,1H3. The van der Waals surface area contributed by atoms with Gasteiger partial charge in [0.25, 0.3) is 0 Å². The van der Waals surface area contributed by atoms with Crippen LogP contribution in [-0.2, 0) is 16.2 Å². The van der Waals surface area contributed by atoms with Crippen molar-refractivity contribution in [2.75, 3.05) is 0 Å². The average Bonchev–Trinajstić information content (AvgIpc) is 2.43. The van der Waals surface area contributed by atoms with Crippen LogP contribution in [0.5, 0.6) is 5.75 Å². The zero-order chi connectivity index (χ0) is 13.9. The van der Waals surface area contributed by atoms with Crippen LogP contribution in [-0.4, -0.2) is 16.9 Å². The molecule has 0 bridgehead atoms. The van der Waals surface area contributed by atoms with Crippen molar-refractivity contribution in [2.24, 2.45) is 5.41 Å². The van der Waals surface area contributed by atoms with Crippen LogP contribution in [0.2, 0.25) is 0 Å². The first-order valence-corrected chi connectivity index (χ1v) is 6.51. The Bertz CT molecular complexity index is 477. The number of ketones is 1. The summed E-state index contributed by atoms with van der Waals surface area (Å²) in [5.74, 6) is -0.105. The second-order valence-corrected chi connectivity index (χ2v) is 5.15. The molecule has 0 radical (unpaired) electrons. The zero-order valence-electron chi connectivity index (χ0n) is 11.0. The maximum Gasteiger partial charge on any atom is 0.324 e. The van der Waals surface area contributed by atoms with Crippen LogP contribution in [0.25, 0.3) is 0 Å². The average molecular weight is 262 g/mol. The molecule has 19 heavy (non-hydrogen) atoms. The third-order valence-electron chi connectivity index (χ3n) is 3.71. The second kappa shape index (κ2) is 5.53. The van der Waals surface area contributed by atoms with Crippen LogP contribution >= 0.6 is 0 Å². The molecular weight excluding hydrogens is 244 g/mol. The van der Waals surface area contributed by atoms with E-state index < -0.39 is 11.4 Å². The molecule has 2 rings (SSSR count). The summed E-state index contributed by atoms with van der Waals surface area (Å²) in [7, 11) is 0. The summed E-state index contributed by atoms with van der Waals surface area (Å²) in [6.45, 7) is 1.61. The Kier molecular flexibility index (Phi) is 4.00. The molecule has 1 saturated carbocycles. The van der Waals surface area contributed by atoms with Crippen LogP contribution in [0.15, 0.2) is 24.3 Å². The second-order valence-electron chi connectivity index (χ2n) is 5.15. The number of benzene rings is 1. The first-order chi connectivity index (χ1) is 9.06. The molecule has 1 atom stereocenters. The Morgan fingerprint density at radius 1 is 1.32 bits per heavy atom. The number of Topliss-reactive ketones (excluding diaryl/α,β-unsaturated/α-hetero) is 1. The summed E-state index contributed by atoms with van der Waals surface area (Å²) in [5.41, 5.74) is -0.256. The highest BCUT2D eigenvalue weighted by Gasteiger charge is 2.43. The monoisotopic (exact) mass is 262 g/mol. The zero-order valence-corrected chi connectivity index (χ0v) is 11.0. The van der Waals surface area contributed by atoms with Crippen LogP contribution in [0.3, 0.4) is 0 Å². The van der Waals surface area contributed by atoms with Gasteiger partial charge < -0.3 is 9.84 Å². The predicted octanol–water partition coefficient (Wildman–Crippen LogP) is 2.23. The number of aliphatic hydroxyl groups excluding tert-OH is 1. The molecule has 1 unspecified atom stereocenters. The van der Waals surface area contributed by atoms with E-state index in [9.17, 15) is 9.59 Å². The van der Waals surface area contributed by atoms with Crippen molar-refractivity contribution in [2.45, 2.75) is 39.2 Å². The van der Waals surface area contributed by atoms with Gasteiger partial charge in [-0.3, -0.25) is 9.59 Å². The Labute approximate surface area is 112 Å². The SMILES string of the molecule is CC1(C(=O)Oc2ccc(CO)cc2)CCCCC1=O. The third-order valence-corrected chi connectivity index (χ3v) is 3.71. The lowest BCUT2D eigenvalue weighted by Gasteiger charge is -2.29. The number of ether oxygens (including phenoxy) is 1. The lowest BCUT2D eigenvalue weighted by molar-refractivity contribution is -0.153. The van der Waals surface area contributed by atoms with E-state index in [1.165, 1.54) is 0 Å². The molecule has 0 heterocycles. The highest BCUT2D eigenvalue weighted by atomic mass is 16.5. The third kappa shape index (κ3) is 2.84. The van der Waals surface area contributed by atoms with E-state index in [-0.39, 0.29) is 12.4 Å². The number of esters is 1. The van der Waals surface area contributed by atoms with Gasteiger partial charge in [-0.1, -0.05) is 18.6 Å². The topological polar surface area (TPSA) is 63.6 Å². The van der Waals surface area contributed by atoms with Gasteiger partial charge in [-0.25, -0.2) is 0 Å². The summed E-state index contributed by atoms with van der Waals surface area (Å²) in [5, 5.41) is 8.94. The Hall–Kier alpha value is -1.68. The van der Waals surface area contributed by atoms with Crippen LogP contribution in [0.1, 0.15) is 38.2 Å². The van der Waals surface area contributed by atoms with Crippen molar-refractivity contribution in [3.8, 4) is 5.75 Å². The Morgan fingerprint density at radius 3 is 2.58 bits per heavy atom. The Morgan fingerprint density at radius 2 is 2.00 bits per heavy atom. The largest absolute Gasteiger partial charge is 0.426 e. The quantitative estimate of drug-likeness (QED) is 0.515. The van der Waals surface area contributed by atoms with Gasteiger partial charge in [-0.2, -0.15) is 0 Å².